The molecule has 4 rings (SSSR count). The van der Waals surface area contributed by atoms with Crippen LogP contribution in [0.15, 0.2) is 36.4 Å². The maximum Gasteiger partial charge on any atom is 0.416 e. The lowest BCUT2D eigenvalue weighted by Crippen LogP contribution is -2.27. The van der Waals surface area contributed by atoms with E-state index in [1.165, 1.54) is 0 Å². The lowest BCUT2D eigenvalue weighted by Gasteiger charge is -2.16. The predicted octanol–water partition coefficient (Wildman–Crippen LogP) is 5.02. The first-order valence-corrected chi connectivity index (χ1v) is 9.29. The Morgan fingerprint density at radius 1 is 1.11 bits per heavy atom. The van der Waals surface area contributed by atoms with Gasteiger partial charge in [0.1, 0.15) is 11.0 Å². The number of benzene rings is 2. The molecule has 2 amide bonds. The summed E-state index contributed by atoms with van der Waals surface area (Å²) in [5, 5.41) is 1.44. The summed E-state index contributed by atoms with van der Waals surface area (Å²) in [4.78, 5) is 23.3. The van der Waals surface area contributed by atoms with Gasteiger partial charge >= 0.3 is 6.18 Å². The third-order valence-electron chi connectivity index (χ3n) is 4.81. The van der Waals surface area contributed by atoms with Gasteiger partial charge in [-0.25, -0.2) is 4.39 Å². The molecule has 0 radical (unpaired) electrons. The minimum absolute atomic E-state index is 0.108. The maximum absolute atomic E-state index is 14.0. The van der Waals surface area contributed by atoms with Gasteiger partial charge in [0.2, 0.25) is 5.91 Å². The van der Waals surface area contributed by atoms with Gasteiger partial charge in [-0.2, -0.15) is 13.2 Å². The van der Waals surface area contributed by atoms with E-state index in [9.17, 15) is 27.2 Å². The SMILES string of the molecule is O=C1NC(=O)C([C@@H]2CCc3cc(Oc4ccc(C(F)(F)F)cc4F)ccc32)S1. The molecule has 2 aliphatic rings. The van der Waals surface area contributed by atoms with E-state index in [0.29, 0.717) is 18.9 Å². The largest absolute Gasteiger partial charge is 0.454 e. The summed E-state index contributed by atoms with van der Waals surface area (Å²) < 4.78 is 57.3. The average molecular weight is 411 g/mol. The van der Waals surface area contributed by atoms with Crippen LogP contribution in [0.4, 0.5) is 22.4 Å². The number of carbonyl (C=O) groups excluding carboxylic acids is 2. The molecule has 4 nitrogen and oxygen atoms in total. The number of rotatable bonds is 3. The number of halogens is 4. The van der Waals surface area contributed by atoms with Crippen LogP contribution in [0.5, 0.6) is 11.5 Å². The summed E-state index contributed by atoms with van der Waals surface area (Å²) in [5.41, 5.74) is 0.737. The highest BCUT2D eigenvalue weighted by Gasteiger charge is 2.41. The summed E-state index contributed by atoms with van der Waals surface area (Å²) in [6.07, 6.45) is -3.29. The van der Waals surface area contributed by atoms with Crippen LogP contribution >= 0.6 is 11.8 Å². The molecule has 0 spiro atoms. The van der Waals surface area contributed by atoms with Gasteiger partial charge in [-0.15, -0.1) is 0 Å². The summed E-state index contributed by atoms with van der Waals surface area (Å²) in [6.45, 7) is 0. The topological polar surface area (TPSA) is 55.4 Å². The molecule has 1 aliphatic heterocycles. The molecule has 9 heteroatoms. The number of fused-ring (bicyclic) bond motifs is 1. The summed E-state index contributed by atoms with van der Waals surface area (Å²) in [7, 11) is 0. The van der Waals surface area contributed by atoms with Crippen LogP contribution in [0.2, 0.25) is 0 Å². The van der Waals surface area contributed by atoms with Crippen molar-refractivity contribution in [3.8, 4) is 11.5 Å². The molecular formula is C19H13F4NO3S. The van der Waals surface area contributed by atoms with Crippen molar-refractivity contribution in [1.29, 1.82) is 0 Å². The molecular weight excluding hydrogens is 398 g/mol. The zero-order valence-corrected chi connectivity index (χ0v) is 15.0. The quantitative estimate of drug-likeness (QED) is 0.721. The van der Waals surface area contributed by atoms with Gasteiger partial charge in [0.05, 0.1) is 5.56 Å². The molecule has 1 saturated heterocycles. The Bertz CT molecular complexity index is 976. The predicted molar refractivity (Wildman–Crippen MR) is 93.9 cm³/mol. The number of hydrogen-bond donors (Lipinski definition) is 1. The number of hydrogen-bond acceptors (Lipinski definition) is 4. The number of nitrogens with one attached hydrogen (secondary N) is 1. The van der Waals surface area contributed by atoms with E-state index in [1.807, 2.05) is 0 Å². The fourth-order valence-electron chi connectivity index (χ4n) is 3.53. The molecule has 2 aromatic rings. The fourth-order valence-corrected chi connectivity index (χ4v) is 4.53. The molecule has 0 bridgehead atoms. The third kappa shape index (κ3) is 3.46. The molecule has 1 unspecified atom stereocenters. The Labute approximate surface area is 161 Å². The second-order valence-electron chi connectivity index (χ2n) is 6.57. The molecule has 1 fully saturated rings. The van der Waals surface area contributed by atoms with E-state index in [-0.39, 0.29) is 28.6 Å². The van der Waals surface area contributed by atoms with E-state index in [0.717, 1.165) is 35.0 Å². The Hall–Kier alpha value is -2.55. The number of alkyl halides is 3. The van der Waals surface area contributed by atoms with Crippen LogP contribution in [0.1, 0.15) is 29.0 Å². The first kappa shape index (κ1) is 18.8. The van der Waals surface area contributed by atoms with Crippen molar-refractivity contribution in [3.63, 3.8) is 0 Å². The first-order chi connectivity index (χ1) is 13.2. The monoisotopic (exact) mass is 411 g/mol. The van der Waals surface area contributed by atoms with Crippen molar-refractivity contribution in [1.82, 2.24) is 5.32 Å². The van der Waals surface area contributed by atoms with Gasteiger partial charge in [-0.1, -0.05) is 17.8 Å². The smallest absolute Gasteiger partial charge is 0.416 e. The summed E-state index contributed by atoms with van der Waals surface area (Å²) >= 11 is 0.974. The first-order valence-electron chi connectivity index (χ1n) is 8.41. The van der Waals surface area contributed by atoms with Crippen LogP contribution < -0.4 is 10.1 Å². The van der Waals surface area contributed by atoms with Crippen molar-refractivity contribution in [2.75, 3.05) is 0 Å². The van der Waals surface area contributed by atoms with Crippen molar-refractivity contribution >= 4 is 22.9 Å². The minimum Gasteiger partial charge on any atom is -0.454 e. The van der Waals surface area contributed by atoms with Gasteiger partial charge in [0, 0.05) is 5.92 Å². The van der Waals surface area contributed by atoms with E-state index >= 15 is 0 Å². The standard InChI is InChI=1S/C19H13F4NO3S/c20-14-8-10(19(21,22)23)2-6-15(14)27-11-3-5-12-9(7-11)1-4-13(12)16-17(25)24-18(26)28-16/h2-3,5-8,13,16H,1,4H2,(H,24,25,26)/t13-,16?/m1/s1. The molecule has 1 aliphatic carbocycles. The normalized spacial score (nSPS) is 21.6. The highest BCUT2D eigenvalue weighted by Crippen LogP contribution is 2.43. The number of imide groups is 1. The molecule has 0 aromatic heterocycles. The number of aryl methyl sites for hydroxylation is 1. The van der Waals surface area contributed by atoms with Gasteiger partial charge in [-0.05, 0) is 54.3 Å². The minimum atomic E-state index is -4.63. The second kappa shape index (κ2) is 6.80. The highest BCUT2D eigenvalue weighted by atomic mass is 32.2. The molecule has 146 valence electrons. The van der Waals surface area contributed by atoms with Crippen molar-refractivity contribution < 1.29 is 31.9 Å². The van der Waals surface area contributed by atoms with Crippen molar-refractivity contribution in [2.45, 2.75) is 30.2 Å². The zero-order valence-electron chi connectivity index (χ0n) is 14.2. The number of carbonyl (C=O) groups is 2. The van der Waals surface area contributed by atoms with E-state index < -0.39 is 22.8 Å². The van der Waals surface area contributed by atoms with Gasteiger partial charge in [0.25, 0.3) is 5.24 Å². The Morgan fingerprint density at radius 2 is 1.89 bits per heavy atom. The lowest BCUT2D eigenvalue weighted by molar-refractivity contribution is -0.137. The van der Waals surface area contributed by atoms with E-state index in [4.69, 9.17) is 4.74 Å². The van der Waals surface area contributed by atoms with Crippen LogP contribution in [0.3, 0.4) is 0 Å². The van der Waals surface area contributed by atoms with Crippen LogP contribution in [-0.2, 0) is 17.4 Å². The van der Waals surface area contributed by atoms with E-state index in [1.54, 1.807) is 18.2 Å². The molecule has 1 heterocycles. The molecule has 2 atom stereocenters. The fraction of sp³-hybridized carbons (Fsp3) is 0.263. The lowest BCUT2D eigenvalue weighted by atomic mass is 9.97. The molecule has 2 aromatic carbocycles. The third-order valence-corrected chi connectivity index (χ3v) is 5.92. The number of ether oxygens (including phenoxy) is 1. The highest BCUT2D eigenvalue weighted by molar-refractivity contribution is 8.15. The second-order valence-corrected chi connectivity index (χ2v) is 7.68. The molecule has 1 N–H and O–H groups in total. The van der Waals surface area contributed by atoms with Crippen molar-refractivity contribution in [2.24, 2.45) is 0 Å². The number of thioether (sulfide) groups is 1. The van der Waals surface area contributed by atoms with Crippen LogP contribution in [0, 0.1) is 5.82 Å². The summed E-state index contributed by atoms with van der Waals surface area (Å²) in [5.74, 6) is -1.54. The molecule has 28 heavy (non-hydrogen) atoms. The van der Waals surface area contributed by atoms with Crippen LogP contribution in [-0.4, -0.2) is 16.4 Å². The maximum atomic E-state index is 14.0. The van der Waals surface area contributed by atoms with Gasteiger partial charge < -0.3 is 4.74 Å². The van der Waals surface area contributed by atoms with Gasteiger partial charge in [-0.3, -0.25) is 14.9 Å². The summed E-state index contributed by atoms with van der Waals surface area (Å²) in [6, 6.07) is 7.11. The number of amides is 2. The van der Waals surface area contributed by atoms with Gasteiger partial charge in [0.15, 0.2) is 11.6 Å². The zero-order chi connectivity index (χ0) is 20.1. The molecule has 0 saturated carbocycles. The van der Waals surface area contributed by atoms with Crippen molar-refractivity contribution in [3.05, 3.63) is 58.9 Å². The Kier molecular flexibility index (Phi) is 4.57. The van der Waals surface area contributed by atoms with E-state index in [2.05, 4.69) is 5.32 Å². The Morgan fingerprint density at radius 3 is 2.54 bits per heavy atom. The van der Waals surface area contributed by atoms with Crippen LogP contribution in [0.25, 0.3) is 0 Å². The average Bonchev–Trinajstić information content (AvgIpc) is 3.17. The Balaban J connectivity index is 1.54.